The summed E-state index contributed by atoms with van der Waals surface area (Å²) in [6.45, 7) is 7.37. The first-order valence-corrected chi connectivity index (χ1v) is 12.5. The fourth-order valence-corrected chi connectivity index (χ4v) is 9.30. The molecule has 0 heteroatoms. The van der Waals surface area contributed by atoms with Crippen LogP contribution in [0.5, 0.6) is 0 Å². The second-order valence-electron chi connectivity index (χ2n) is 12.6. The van der Waals surface area contributed by atoms with Crippen LogP contribution in [-0.2, 0) is 0 Å². The van der Waals surface area contributed by atoms with Crippen LogP contribution in [0.25, 0.3) is 0 Å². The molecule has 0 aromatic rings. The zero-order chi connectivity index (χ0) is 17.9. The lowest BCUT2D eigenvalue weighted by Crippen LogP contribution is -2.44. The summed E-state index contributed by atoms with van der Waals surface area (Å²) >= 11 is 0. The number of rotatable bonds is 0. The molecule has 9 aliphatic rings. The monoisotopic (exact) mass is 356 g/mol. The van der Waals surface area contributed by atoms with Gasteiger partial charge in [-0.2, -0.15) is 0 Å². The van der Waals surface area contributed by atoms with E-state index < -0.39 is 0 Å². The first-order valence-electron chi connectivity index (χ1n) is 12.5. The van der Waals surface area contributed by atoms with E-state index in [4.69, 9.17) is 0 Å². The Morgan fingerprint density at radius 2 is 1.08 bits per heavy atom. The van der Waals surface area contributed by atoms with Crippen molar-refractivity contribution in [2.45, 2.75) is 104 Å². The average molecular weight is 357 g/mol. The van der Waals surface area contributed by atoms with Gasteiger partial charge in [-0.05, 0) is 136 Å². The maximum Gasteiger partial charge on any atom is -0.0318 e. The second-order valence-corrected chi connectivity index (χ2v) is 12.6. The molecular formula is C26H44. The Balaban J connectivity index is 0.0000000894. The number of hydrogen-bond acceptors (Lipinski definition) is 0. The maximum absolute atomic E-state index is 2.54. The Morgan fingerprint density at radius 3 is 1.31 bits per heavy atom. The van der Waals surface area contributed by atoms with Gasteiger partial charge in [0, 0.05) is 0 Å². The zero-order valence-electron chi connectivity index (χ0n) is 17.9. The van der Waals surface area contributed by atoms with E-state index in [1.807, 2.05) is 0 Å². The van der Waals surface area contributed by atoms with Gasteiger partial charge >= 0.3 is 0 Å². The number of fused-ring (bicyclic) bond motifs is 3. The van der Waals surface area contributed by atoms with Gasteiger partial charge in [-0.25, -0.2) is 0 Å². The van der Waals surface area contributed by atoms with Crippen molar-refractivity contribution in [3.05, 3.63) is 0 Å². The van der Waals surface area contributed by atoms with Crippen LogP contribution < -0.4 is 0 Å². The molecule has 9 fully saturated rings. The Bertz CT molecular complexity index is 453. The molecule has 0 aliphatic heterocycles. The van der Waals surface area contributed by atoms with E-state index >= 15 is 0 Å². The minimum absolute atomic E-state index is 0.800. The molecule has 8 bridgehead atoms. The highest BCUT2D eigenvalue weighted by Crippen LogP contribution is 2.59. The quantitative estimate of drug-likeness (QED) is 0.417. The van der Waals surface area contributed by atoms with E-state index in [-0.39, 0.29) is 0 Å². The molecule has 0 saturated heterocycles. The summed E-state index contributed by atoms with van der Waals surface area (Å²) in [5.74, 6) is 10.2. The van der Waals surface area contributed by atoms with E-state index in [1.54, 1.807) is 83.5 Å². The molecular weight excluding hydrogens is 312 g/mol. The molecule has 0 aromatic heterocycles. The highest BCUT2D eigenvalue weighted by atomic mass is 14.5. The van der Waals surface area contributed by atoms with Crippen LogP contribution in [0, 0.1) is 58.7 Å². The fourth-order valence-electron chi connectivity index (χ4n) is 9.30. The molecule has 9 saturated carbocycles. The molecule has 0 nitrogen and oxygen atoms in total. The third kappa shape index (κ3) is 3.41. The summed E-state index contributed by atoms with van der Waals surface area (Å²) in [6.07, 6.45) is 20.4. The van der Waals surface area contributed by atoms with Crippen LogP contribution in [0.3, 0.4) is 0 Å². The van der Waals surface area contributed by atoms with Crippen molar-refractivity contribution in [2.24, 2.45) is 58.7 Å². The van der Waals surface area contributed by atoms with Gasteiger partial charge in [-0.1, -0.05) is 27.2 Å². The zero-order valence-corrected chi connectivity index (χ0v) is 17.9. The van der Waals surface area contributed by atoms with E-state index in [0.29, 0.717) is 0 Å². The van der Waals surface area contributed by atoms with Crippen molar-refractivity contribution < 1.29 is 0 Å². The molecule has 0 radical (unpaired) electrons. The van der Waals surface area contributed by atoms with E-state index in [0.717, 1.165) is 58.7 Å². The summed E-state index contributed by atoms with van der Waals surface area (Å²) in [6, 6.07) is 0. The van der Waals surface area contributed by atoms with E-state index in [1.165, 1.54) is 0 Å². The van der Waals surface area contributed by atoms with Crippen LogP contribution in [0.15, 0.2) is 0 Å². The largest absolute Gasteiger partial charge is 0.0622 e. The first kappa shape index (κ1) is 18.1. The Morgan fingerprint density at radius 1 is 0.538 bits per heavy atom. The van der Waals surface area contributed by atoms with Crippen molar-refractivity contribution in [3.63, 3.8) is 0 Å². The van der Waals surface area contributed by atoms with Crippen molar-refractivity contribution in [1.29, 1.82) is 0 Å². The standard InChI is InChI=1S/C11H18.C8H14.C7H12/c1-11-5-8-2-9(6-11)4-10(3-8)7-11;1-6-4-7-2-3-8(6)5-7;1-5-6-2-3-7(5)4-6/h8-10H,2-7H2,1H3;6-8H,2-5H2,1H3;5-7H,2-4H2,1H3. The van der Waals surface area contributed by atoms with Crippen molar-refractivity contribution in [2.75, 3.05) is 0 Å². The molecule has 0 spiro atoms. The van der Waals surface area contributed by atoms with Gasteiger partial charge < -0.3 is 0 Å². The van der Waals surface area contributed by atoms with Crippen LogP contribution in [0.4, 0.5) is 0 Å². The highest BCUT2D eigenvalue weighted by molar-refractivity contribution is 4.99. The lowest BCUT2D eigenvalue weighted by atomic mass is 9.50. The van der Waals surface area contributed by atoms with Crippen LogP contribution in [-0.4, -0.2) is 0 Å². The van der Waals surface area contributed by atoms with Crippen LogP contribution >= 0.6 is 0 Å². The second kappa shape index (κ2) is 6.81. The molecule has 0 aromatic carbocycles. The van der Waals surface area contributed by atoms with Crippen molar-refractivity contribution in [1.82, 2.24) is 0 Å². The van der Waals surface area contributed by atoms with Gasteiger partial charge in [0.25, 0.3) is 0 Å². The summed E-state index contributed by atoms with van der Waals surface area (Å²) in [5.41, 5.74) is 0.800. The Hall–Kier alpha value is 0. The molecule has 0 heterocycles. The third-order valence-corrected chi connectivity index (χ3v) is 10.4. The van der Waals surface area contributed by atoms with Gasteiger partial charge in [-0.3, -0.25) is 0 Å². The smallest absolute Gasteiger partial charge is 0.0318 e. The minimum Gasteiger partial charge on any atom is -0.0622 e. The SMILES string of the molecule is CC12CC3CC(CC(C3)C1)C2.CC1C2CCC1C2.CC1CC2CCC1C2. The molecule has 26 heavy (non-hydrogen) atoms. The summed E-state index contributed by atoms with van der Waals surface area (Å²) in [7, 11) is 0. The molecule has 9 rings (SSSR count). The van der Waals surface area contributed by atoms with Gasteiger partial charge in [0.1, 0.15) is 0 Å². The summed E-state index contributed by atoms with van der Waals surface area (Å²) in [5, 5.41) is 0. The molecule has 0 amide bonds. The van der Waals surface area contributed by atoms with Gasteiger partial charge in [-0.15, -0.1) is 0 Å². The Labute approximate surface area is 163 Å². The maximum atomic E-state index is 2.54. The van der Waals surface area contributed by atoms with E-state index in [2.05, 4.69) is 20.8 Å². The average Bonchev–Trinajstić information content (AvgIpc) is 3.34. The third-order valence-electron chi connectivity index (χ3n) is 10.4. The number of hydrogen-bond donors (Lipinski definition) is 0. The van der Waals surface area contributed by atoms with Crippen LogP contribution in [0.1, 0.15) is 104 Å². The predicted molar refractivity (Wildman–Crippen MR) is 111 cm³/mol. The highest BCUT2D eigenvalue weighted by Gasteiger charge is 2.48. The van der Waals surface area contributed by atoms with Crippen molar-refractivity contribution >= 4 is 0 Å². The molecule has 9 aliphatic carbocycles. The molecule has 5 unspecified atom stereocenters. The van der Waals surface area contributed by atoms with Gasteiger partial charge in [0.05, 0.1) is 0 Å². The predicted octanol–water partition coefficient (Wildman–Crippen LogP) is 7.72. The van der Waals surface area contributed by atoms with Crippen molar-refractivity contribution in [3.8, 4) is 0 Å². The van der Waals surface area contributed by atoms with Gasteiger partial charge in [0.2, 0.25) is 0 Å². The van der Waals surface area contributed by atoms with Crippen LogP contribution in [0.2, 0.25) is 0 Å². The minimum atomic E-state index is 0.800. The normalized spacial score (nSPS) is 57.1. The molecule has 148 valence electrons. The molecule has 0 N–H and O–H groups in total. The van der Waals surface area contributed by atoms with Gasteiger partial charge in [0.15, 0.2) is 0 Å². The Kier molecular flexibility index (Phi) is 4.73. The lowest BCUT2D eigenvalue weighted by molar-refractivity contribution is -0.0411. The summed E-state index contributed by atoms with van der Waals surface area (Å²) < 4.78 is 0. The van der Waals surface area contributed by atoms with E-state index in [9.17, 15) is 0 Å². The topological polar surface area (TPSA) is 0 Å². The first-order chi connectivity index (χ1) is 12.5. The fraction of sp³-hybridized carbons (Fsp3) is 1.00. The molecule has 5 atom stereocenters. The lowest BCUT2D eigenvalue weighted by Gasteiger charge is -2.55. The summed E-state index contributed by atoms with van der Waals surface area (Å²) in [4.78, 5) is 0.